The van der Waals surface area contributed by atoms with E-state index in [-0.39, 0.29) is 5.91 Å². The maximum Gasteiger partial charge on any atom is 0.220 e. The van der Waals surface area contributed by atoms with Crippen molar-refractivity contribution in [3.8, 4) is 11.5 Å². The van der Waals surface area contributed by atoms with Crippen LogP contribution in [0, 0.1) is 0 Å². The van der Waals surface area contributed by atoms with Gasteiger partial charge in [0.2, 0.25) is 5.91 Å². The normalized spacial score (nSPS) is 20.9. The van der Waals surface area contributed by atoms with Gasteiger partial charge in [-0.05, 0) is 50.8 Å². The minimum Gasteiger partial charge on any atom is -0.486 e. The van der Waals surface area contributed by atoms with E-state index in [0.717, 1.165) is 31.2 Å². The maximum atomic E-state index is 12.8. The van der Waals surface area contributed by atoms with Gasteiger partial charge in [0.05, 0.1) is 6.04 Å². The number of benzene rings is 1. The molecule has 1 saturated heterocycles. The number of ether oxygens (including phenoxy) is 2. The molecule has 1 aromatic rings. The molecule has 0 bridgehead atoms. The van der Waals surface area contributed by atoms with E-state index < -0.39 is 12.1 Å². The molecule has 1 fully saturated rings. The molecule has 0 aromatic heterocycles. The molecule has 178 valence electrons. The minimum absolute atomic E-state index is 0.0111. The van der Waals surface area contributed by atoms with Crippen LogP contribution in [0.1, 0.15) is 83.8 Å². The van der Waals surface area contributed by atoms with Crippen molar-refractivity contribution in [3.63, 3.8) is 0 Å². The predicted octanol–water partition coefficient (Wildman–Crippen LogP) is 4.72. The highest BCUT2D eigenvalue weighted by Crippen LogP contribution is 2.34. The number of nitrogens with zero attached hydrogens (tertiary/aromatic N) is 1. The van der Waals surface area contributed by atoms with Crippen LogP contribution in [0.3, 0.4) is 0 Å². The molecule has 0 aliphatic carbocycles. The molecule has 6 nitrogen and oxygen atoms in total. The lowest BCUT2D eigenvalue weighted by atomic mass is 10.00. The number of likely N-dealkylation sites (tertiary alicyclic amines) is 1. The van der Waals surface area contributed by atoms with Crippen LogP contribution in [-0.4, -0.2) is 47.8 Å². The number of rotatable bonds is 11. The van der Waals surface area contributed by atoms with Gasteiger partial charge in [-0.1, -0.05) is 44.7 Å². The number of aliphatic hydroxyl groups excluding tert-OH is 1. The molecular formula is C26H40N2O4. The highest BCUT2D eigenvalue weighted by atomic mass is 16.6. The summed E-state index contributed by atoms with van der Waals surface area (Å²) < 4.78 is 11.3. The van der Waals surface area contributed by atoms with E-state index in [0.29, 0.717) is 43.7 Å². The molecule has 1 aromatic carbocycles. The Hall–Kier alpha value is -2.21. The molecular weight excluding hydrogens is 404 g/mol. The summed E-state index contributed by atoms with van der Waals surface area (Å²) in [6.07, 6.45) is 9.48. The standard InChI is InChI=1S/C26H40N2O4/c1-4-6-7-8-9-10-25(29)27-22(18-28-19(3)11-13-21(28)5-2)26(30)20-12-14-23-24(17-20)32-16-15-31-23/h5,12,14,17,19,22,26,30H,4,6-11,13,15-16,18H2,1-3H3,(H,27,29)/b21-5-/t19?,22-,26?/m1/s1. The van der Waals surface area contributed by atoms with Gasteiger partial charge in [-0.3, -0.25) is 4.79 Å². The Kier molecular flexibility index (Phi) is 9.27. The number of hydrogen-bond donors (Lipinski definition) is 2. The maximum absolute atomic E-state index is 12.8. The number of unbranched alkanes of at least 4 members (excludes halogenated alkanes) is 4. The van der Waals surface area contributed by atoms with Gasteiger partial charge >= 0.3 is 0 Å². The first-order chi connectivity index (χ1) is 15.5. The molecule has 32 heavy (non-hydrogen) atoms. The Labute approximate surface area is 193 Å². The predicted molar refractivity (Wildman–Crippen MR) is 127 cm³/mol. The Balaban J connectivity index is 1.71. The molecule has 3 rings (SSSR count). The summed E-state index contributed by atoms with van der Waals surface area (Å²) in [6, 6.07) is 5.53. The number of fused-ring (bicyclic) bond motifs is 1. The van der Waals surface area contributed by atoms with Gasteiger partial charge in [0.1, 0.15) is 19.3 Å². The smallest absolute Gasteiger partial charge is 0.220 e. The van der Waals surface area contributed by atoms with Gasteiger partial charge in [0.25, 0.3) is 0 Å². The molecule has 2 aliphatic heterocycles. The van der Waals surface area contributed by atoms with Gasteiger partial charge in [-0.2, -0.15) is 0 Å². The van der Waals surface area contributed by atoms with Crippen molar-refractivity contribution in [2.75, 3.05) is 19.8 Å². The van der Waals surface area contributed by atoms with Crippen LogP contribution in [0.25, 0.3) is 0 Å². The van der Waals surface area contributed by atoms with Gasteiger partial charge in [0.15, 0.2) is 11.5 Å². The second-order valence-corrected chi connectivity index (χ2v) is 9.01. The first-order valence-corrected chi connectivity index (χ1v) is 12.3. The van der Waals surface area contributed by atoms with Crippen LogP contribution in [0.2, 0.25) is 0 Å². The largest absolute Gasteiger partial charge is 0.486 e. The summed E-state index contributed by atoms with van der Waals surface area (Å²) >= 11 is 0. The van der Waals surface area contributed by atoms with Crippen LogP contribution in [0.4, 0.5) is 0 Å². The topological polar surface area (TPSA) is 71.0 Å². The monoisotopic (exact) mass is 444 g/mol. The van der Waals surface area contributed by atoms with Gasteiger partial charge < -0.3 is 24.8 Å². The fourth-order valence-electron chi connectivity index (χ4n) is 4.63. The first-order valence-electron chi connectivity index (χ1n) is 12.3. The van der Waals surface area contributed by atoms with Crippen molar-refractivity contribution in [2.24, 2.45) is 0 Å². The number of allylic oxidation sites excluding steroid dienone is 2. The second kappa shape index (κ2) is 12.1. The second-order valence-electron chi connectivity index (χ2n) is 9.01. The van der Waals surface area contributed by atoms with Crippen LogP contribution >= 0.6 is 0 Å². The average Bonchev–Trinajstić information content (AvgIpc) is 3.16. The van der Waals surface area contributed by atoms with Crippen molar-refractivity contribution in [1.82, 2.24) is 10.2 Å². The quantitative estimate of drug-likeness (QED) is 0.483. The molecule has 2 aliphatic rings. The molecule has 6 heteroatoms. The van der Waals surface area contributed by atoms with E-state index in [2.05, 4.69) is 37.1 Å². The van der Waals surface area contributed by atoms with E-state index in [4.69, 9.17) is 9.47 Å². The van der Waals surface area contributed by atoms with Crippen LogP contribution in [0.15, 0.2) is 30.0 Å². The Morgan fingerprint density at radius 3 is 2.72 bits per heavy atom. The third-order valence-corrected chi connectivity index (χ3v) is 6.59. The zero-order valence-corrected chi connectivity index (χ0v) is 19.9. The van der Waals surface area contributed by atoms with E-state index >= 15 is 0 Å². The van der Waals surface area contributed by atoms with Crippen LogP contribution < -0.4 is 14.8 Å². The Bertz CT molecular complexity index is 779. The highest BCUT2D eigenvalue weighted by molar-refractivity contribution is 5.76. The van der Waals surface area contributed by atoms with E-state index in [1.54, 1.807) is 0 Å². The van der Waals surface area contributed by atoms with E-state index in [1.807, 2.05) is 18.2 Å². The summed E-state index contributed by atoms with van der Waals surface area (Å²) in [5, 5.41) is 14.5. The number of hydrogen-bond acceptors (Lipinski definition) is 5. The number of carbonyl (C=O) groups excluding carboxylic acids is 1. The van der Waals surface area contributed by atoms with Crippen molar-refractivity contribution in [1.29, 1.82) is 0 Å². The van der Waals surface area contributed by atoms with E-state index in [9.17, 15) is 9.90 Å². The first kappa shape index (κ1) is 24.4. The summed E-state index contributed by atoms with van der Waals surface area (Å²) in [5.41, 5.74) is 2.02. The van der Waals surface area contributed by atoms with Gasteiger partial charge in [-0.15, -0.1) is 0 Å². The zero-order valence-electron chi connectivity index (χ0n) is 19.9. The zero-order chi connectivity index (χ0) is 22.9. The number of carbonyl (C=O) groups is 1. The lowest BCUT2D eigenvalue weighted by Gasteiger charge is -2.33. The molecule has 2 N–H and O–H groups in total. The van der Waals surface area contributed by atoms with Gasteiger partial charge in [-0.25, -0.2) is 0 Å². The van der Waals surface area contributed by atoms with Crippen molar-refractivity contribution in [2.45, 2.75) is 90.3 Å². The van der Waals surface area contributed by atoms with Crippen molar-refractivity contribution >= 4 is 5.91 Å². The molecule has 2 unspecified atom stereocenters. The lowest BCUT2D eigenvalue weighted by molar-refractivity contribution is -0.123. The van der Waals surface area contributed by atoms with Gasteiger partial charge in [0, 0.05) is 24.7 Å². The number of nitrogens with one attached hydrogen (secondary N) is 1. The van der Waals surface area contributed by atoms with Crippen molar-refractivity contribution in [3.05, 3.63) is 35.5 Å². The highest BCUT2D eigenvalue weighted by Gasteiger charge is 2.31. The Morgan fingerprint density at radius 2 is 1.97 bits per heavy atom. The molecule has 3 atom stereocenters. The molecule has 0 spiro atoms. The SMILES string of the molecule is C/C=C1/CCC(C)N1C[C@@H](NC(=O)CCCCCCC)C(O)c1ccc2c(c1)OCCO2. The summed E-state index contributed by atoms with van der Waals surface area (Å²) in [5.74, 6) is 1.36. The minimum atomic E-state index is -0.833. The summed E-state index contributed by atoms with van der Waals surface area (Å²) in [7, 11) is 0. The Morgan fingerprint density at radius 1 is 1.22 bits per heavy atom. The summed E-state index contributed by atoms with van der Waals surface area (Å²) in [4.78, 5) is 15.1. The van der Waals surface area contributed by atoms with Crippen molar-refractivity contribution < 1.29 is 19.4 Å². The lowest BCUT2D eigenvalue weighted by Crippen LogP contribution is -2.47. The average molecular weight is 445 g/mol. The summed E-state index contributed by atoms with van der Waals surface area (Å²) in [6.45, 7) is 8.07. The third-order valence-electron chi connectivity index (χ3n) is 6.59. The molecule has 1 amide bonds. The fraction of sp³-hybridized carbons (Fsp3) is 0.654. The molecule has 0 radical (unpaired) electrons. The van der Waals surface area contributed by atoms with Crippen LogP contribution in [-0.2, 0) is 4.79 Å². The fourth-order valence-corrected chi connectivity index (χ4v) is 4.63. The number of amides is 1. The van der Waals surface area contributed by atoms with E-state index in [1.165, 1.54) is 25.0 Å². The third kappa shape index (κ3) is 6.41. The van der Waals surface area contributed by atoms with Crippen LogP contribution in [0.5, 0.6) is 11.5 Å². The number of aliphatic hydroxyl groups is 1. The molecule has 0 saturated carbocycles. The molecule has 2 heterocycles.